The van der Waals surface area contributed by atoms with E-state index < -0.39 is 0 Å². The van der Waals surface area contributed by atoms with Crippen LogP contribution in [0.2, 0.25) is 0 Å². The summed E-state index contributed by atoms with van der Waals surface area (Å²) < 4.78 is 17.5. The van der Waals surface area contributed by atoms with Gasteiger partial charge in [-0.1, -0.05) is 65.0 Å². The van der Waals surface area contributed by atoms with Crippen LogP contribution in [0.25, 0.3) is 11.1 Å². The smallest absolute Gasteiger partial charge is 0.410 e. The zero-order chi connectivity index (χ0) is 25.9. The fraction of sp³-hybridized carbons (Fsp3) is 0.400. The Morgan fingerprint density at radius 2 is 1.83 bits per heavy atom. The summed E-state index contributed by atoms with van der Waals surface area (Å²) in [5.41, 5.74) is 4.80. The summed E-state index contributed by atoms with van der Waals surface area (Å²) in [7, 11) is 1.69. The topological polar surface area (TPSA) is 60.9 Å². The average Bonchev–Trinajstić information content (AvgIpc) is 3.23. The normalized spacial score (nSPS) is 15.8. The Morgan fingerprint density at radius 3 is 2.50 bits per heavy atom. The van der Waals surface area contributed by atoms with Crippen molar-refractivity contribution < 1.29 is 19.0 Å². The van der Waals surface area contributed by atoms with Gasteiger partial charge in [-0.3, -0.25) is 4.90 Å². The molecular formula is C30H36N2O4. The molecule has 1 aliphatic rings. The van der Waals surface area contributed by atoms with Gasteiger partial charge in [0.25, 0.3) is 0 Å². The standard InChI is InChI=1S/C30H36N2O4/c1-20(2)26-19-36-29(33)32(26)17-22-15-27(34-6)25(30(3,4)5)16-24(22)23-13-10-14-31-28(23)35-18-21-11-8-7-9-12-21/h7-16,20,26H,17-19H2,1-6H3/t26-/m1/s1. The zero-order valence-corrected chi connectivity index (χ0v) is 22.1. The van der Waals surface area contributed by atoms with Gasteiger partial charge in [-0.2, -0.15) is 0 Å². The van der Waals surface area contributed by atoms with E-state index in [1.165, 1.54) is 0 Å². The third-order valence-electron chi connectivity index (χ3n) is 6.64. The molecule has 3 aromatic rings. The largest absolute Gasteiger partial charge is 0.496 e. The van der Waals surface area contributed by atoms with Crippen LogP contribution in [0.4, 0.5) is 4.79 Å². The molecule has 190 valence electrons. The van der Waals surface area contributed by atoms with Gasteiger partial charge in [-0.25, -0.2) is 9.78 Å². The summed E-state index contributed by atoms with van der Waals surface area (Å²) in [6.45, 7) is 11.9. The Bertz CT molecular complexity index is 1200. The highest BCUT2D eigenvalue weighted by Crippen LogP contribution is 2.41. The molecule has 2 aromatic carbocycles. The van der Waals surface area contributed by atoms with Crippen LogP contribution in [0.15, 0.2) is 60.8 Å². The molecule has 0 radical (unpaired) electrons. The fourth-order valence-electron chi connectivity index (χ4n) is 4.58. The van der Waals surface area contributed by atoms with Crippen LogP contribution in [0.1, 0.15) is 51.3 Å². The Labute approximate surface area is 214 Å². The third-order valence-corrected chi connectivity index (χ3v) is 6.64. The maximum atomic E-state index is 12.7. The van der Waals surface area contributed by atoms with E-state index in [0.29, 0.717) is 25.6 Å². The van der Waals surface area contributed by atoms with Crippen molar-refractivity contribution in [2.75, 3.05) is 13.7 Å². The van der Waals surface area contributed by atoms with Crippen molar-refractivity contribution in [2.45, 2.75) is 59.2 Å². The molecule has 1 fully saturated rings. The lowest BCUT2D eigenvalue weighted by Crippen LogP contribution is -2.36. The van der Waals surface area contributed by atoms with Crippen LogP contribution in [0, 0.1) is 5.92 Å². The van der Waals surface area contributed by atoms with Gasteiger partial charge in [0.1, 0.15) is 19.0 Å². The Morgan fingerprint density at radius 1 is 1.08 bits per heavy atom. The first-order valence-corrected chi connectivity index (χ1v) is 12.5. The van der Waals surface area contributed by atoms with Gasteiger partial charge in [0, 0.05) is 17.3 Å². The third kappa shape index (κ3) is 5.48. The number of cyclic esters (lactones) is 1. The molecule has 36 heavy (non-hydrogen) atoms. The van der Waals surface area contributed by atoms with Crippen molar-refractivity contribution >= 4 is 6.09 Å². The Kier molecular flexibility index (Phi) is 7.53. The maximum absolute atomic E-state index is 12.7. The molecule has 0 unspecified atom stereocenters. The van der Waals surface area contributed by atoms with Crippen LogP contribution < -0.4 is 9.47 Å². The molecule has 0 bridgehead atoms. The number of methoxy groups -OCH3 is 1. The summed E-state index contributed by atoms with van der Waals surface area (Å²) in [6, 6.07) is 18.2. The monoisotopic (exact) mass is 488 g/mol. The van der Waals surface area contributed by atoms with Gasteiger partial charge in [-0.05, 0) is 52.3 Å². The predicted molar refractivity (Wildman–Crippen MR) is 141 cm³/mol. The lowest BCUT2D eigenvalue weighted by Gasteiger charge is -2.28. The summed E-state index contributed by atoms with van der Waals surface area (Å²) in [5.74, 6) is 1.63. The highest BCUT2D eigenvalue weighted by atomic mass is 16.6. The number of amides is 1. The van der Waals surface area contributed by atoms with Gasteiger partial charge >= 0.3 is 6.09 Å². The molecule has 2 heterocycles. The number of pyridine rings is 1. The molecule has 0 aliphatic carbocycles. The second kappa shape index (κ2) is 10.6. The van der Waals surface area contributed by atoms with Crippen molar-refractivity contribution in [1.29, 1.82) is 0 Å². The van der Waals surface area contributed by atoms with Crippen LogP contribution in [-0.2, 0) is 23.3 Å². The number of hydrogen-bond donors (Lipinski definition) is 0. The molecule has 1 aromatic heterocycles. The number of carbonyl (C=O) groups excluding carboxylic acids is 1. The van der Waals surface area contributed by atoms with E-state index in [2.05, 4.69) is 45.7 Å². The first kappa shape index (κ1) is 25.5. The summed E-state index contributed by atoms with van der Waals surface area (Å²) >= 11 is 0. The van der Waals surface area contributed by atoms with E-state index >= 15 is 0 Å². The lowest BCUT2D eigenvalue weighted by atomic mass is 9.83. The van der Waals surface area contributed by atoms with Gasteiger partial charge in [-0.15, -0.1) is 0 Å². The van der Waals surface area contributed by atoms with Gasteiger partial charge in [0.05, 0.1) is 19.7 Å². The highest BCUT2D eigenvalue weighted by Gasteiger charge is 2.36. The van der Waals surface area contributed by atoms with E-state index in [1.54, 1.807) is 13.3 Å². The van der Waals surface area contributed by atoms with Crippen molar-refractivity contribution in [1.82, 2.24) is 9.88 Å². The average molecular weight is 489 g/mol. The molecule has 6 heteroatoms. The minimum Gasteiger partial charge on any atom is -0.496 e. The van der Waals surface area contributed by atoms with Crippen LogP contribution >= 0.6 is 0 Å². The quantitative estimate of drug-likeness (QED) is 0.357. The van der Waals surface area contributed by atoms with E-state index in [0.717, 1.165) is 33.6 Å². The number of carbonyl (C=O) groups is 1. The van der Waals surface area contributed by atoms with Crippen molar-refractivity contribution in [3.8, 4) is 22.8 Å². The minimum absolute atomic E-state index is 0.0151. The molecule has 1 atom stereocenters. The highest BCUT2D eigenvalue weighted by molar-refractivity contribution is 5.76. The number of hydrogen-bond acceptors (Lipinski definition) is 5. The fourth-order valence-corrected chi connectivity index (χ4v) is 4.58. The number of nitrogens with zero attached hydrogens (tertiary/aromatic N) is 2. The van der Waals surface area contributed by atoms with Gasteiger partial charge in [0.2, 0.25) is 5.88 Å². The van der Waals surface area contributed by atoms with Crippen molar-refractivity contribution in [3.63, 3.8) is 0 Å². The summed E-state index contributed by atoms with van der Waals surface area (Å²) in [4.78, 5) is 19.1. The molecule has 6 nitrogen and oxygen atoms in total. The van der Waals surface area contributed by atoms with E-state index in [-0.39, 0.29) is 23.5 Å². The Balaban J connectivity index is 1.81. The van der Waals surface area contributed by atoms with Crippen molar-refractivity contribution in [3.05, 3.63) is 77.5 Å². The first-order chi connectivity index (χ1) is 17.2. The number of ether oxygens (including phenoxy) is 3. The molecule has 1 aliphatic heterocycles. The molecule has 0 spiro atoms. The van der Waals surface area contributed by atoms with E-state index in [1.807, 2.05) is 53.4 Å². The second-order valence-corrected chi connectivity index (χ2v) is 10.6. The number of benzene rings is 2. The first-order valence-electron chi connectivity index (χ1n) is 12.5. The number of aromatic nitrogens is 1. The molecule has 4 rings (SSSR count). The molecular weight excluding hydrogens is 452 g/mol. The van der Waals surface area contributed by atoms with Crippen molar-refractivity contribution in [2.24, 2.45) is 5.92 Å². The molecule has 0 N–H and O–H groups in total. The summed E-state index contributed by atoms with van der Waals surface area (Å²) in [5, 5.41) is 0. The minimum atomic E-state index is -0.287. The molecule has 0 saturated carbocycles. The maximum Gasteiger partial charge on any atom is 0.410 e. The molecule has 1 saturated heterocycles. The zero-order valence-electron chi connectivity index (χ0n) is 22.1. The van der Waals surface area contributed by atoms with Crippen LogP contribution in [0.5, 0.6) is 11.6 Å². The second-order valence-electron chi connectivity index (χ2n) is 10.6. The Hall–Kier alpha value is -3.54. The van der Waals surface area contributed by atoms with Crippen LogP contribution in [0.3, 0.4) is 0 Å². The SMILES string of the molecule is COc1cc(CN2C(=O)OC[C@@H]2C(C)C)c(-c2cccnc2OCc2ccccc2)cc1C(C)(C)C. The van der Waals surface area contributed by atoms with Gasteiger partial charge < -0.3 is 14.2 Å². The lowest BCUT2D eigenvalue weighted by molar-refractivity contribution is 0.155. The number of rotatable bonds is 8. The van der Waals surface area contributed by atoms with Gasteiger partial charge in [0.15, 0.2) is 0 Å². The summed E-state index contributed by atoms with van der Waals surface area (Å²) in [6.07, 6.45) is 1.45. The predicted octanol–water partition coefficient (Wildman–Crippen LogP) is 6.61. The van der Waals surface area contributed by atoms with E-state index in [9.17, 15) is 4.79 Å². The van der Waals surface area contributed by atoms with E-state index in [4.69, 9.17) is 14.2 Å². The molecule has 1 amide bonds. The van der Waals surface area contributed by atoms with Crippen LogP contribution in [-0.4, -0.2) is 35.7 Å².